The van der Waals surface area contributed by atoms with Gasteiger partial charge in [-0.05, 0) is 53.6 Å². The van der Waals surface area contributed by atoms with Crippen molar-refractivity contribution in [2.24, 2.45) is 0 Å². The fourth-order valence-corrected chi connectivity index (χ4v) is 4.89. The van der Waals surface area contributed by atoms with Crippen molar-refractivity contribution < 1.29 is 9.18 Å². The number of anilines is 2. The van der Waals surface area contributed by atoms with Gasteiger partial charge in [0, 0.05) is 43.6 Å². The fourth-order valence-electron chi connectivity index (χ4n) is 4.21. The Balaban J connectivity index is 1.38. The Kier molecular flexibility index (Phi) is 4.78. The SMILES string of the molecule is CC1=C(C(=O)N2CCN(c3ccc(F)cc3)CC2)C(c2ccsc2)n2nccc2N1. The van der Waals surface area contributed by atoms with Gasteiger partial charge in [0.05, 0.1) is 11.8 Å². The van der Waals surface area contributed by atoms with Crippen LogP contribution in [-0.2, 0) is 4.79 Å². The van der Waals surface area contributed by atoms with Crippen LogP contribution in [0.15, 0.2) is 64.6 Å². The number of hydrogen-bond acceptors (Lipinski definition) is 5. The number of fused-ring (bicyclic) bond motifs is 1. The van der Waals surface area contributed by atoms with Crippen molar-refractivity contribution in [3.63, 3.8) is 0 Å². The summed E-state index contributed by atoms with van der Waals surface area (Å²) in [6, 6.07) is 10.3. The first-order valence-electron chi connectivity index (χ1n) is 9.95. The number of nitrogens with zero attached hydrogens (tertiary/aromatic N) is 4. The van der Waals surface area contributed by atoms with Gasteiger partial charge in [0.2, 0.25) is 0 Å². The first-order chi connectivity index (χ1) is 14.6. The number of nitrogens with one attached hydrogen (secondary N) is 1. The molecule has 0 spiro atoms. The molecule has 5 rings (SSSR count). The van der Waals surface area contributed by atoms with Gasteiger partial charge in [0.1, 0.15) is 17.7 Å². The molecule has 0 saturated carbocycles. The van der Waals surface area contributed by atoms with E-state index < -0.39 is 0 Å². The molecule has 6 nitrogen and oxygen atoms in total. The lowest BCUT2D eigenvalue weighted by Gasteiger charge is -2.38. The first kappa shape index (κ1) is 18.9. The van der Waals surface area contributed by atoms with E-state index in [1.165, 1.54) is 12.1 Å². The summed E-state index contributed by atoms with van der Waals surface area (Å²) < 4.78 is 15.1. The highest BCUT2D eigenvalue weighted by Gasteiger charge is 2.35. The highest BCUT2D eigenvalue weighted by Crippen LogP contribution is 2.37. The van der Waals surface area contributed by atoms with Crippen molar-refractivity contribution in [3.05, 3.63) is 76.0 Å². The third-order valence-electron chi connectivity index (χ3n) is 5.76. The number of thiophene rings is 1. The molecular formula is C22H22FN5OS. The smallest absolute Gasteiger partial charge is 0.254 e. The lowest BCUT2D eigenvalue weighted by Crippen LogP contribution is -2.50. The summed E-state index contributed by atoms with van der Waals surface area (Å²) in [5.74, 6) is 0.690. The number of halogens is 1. The van der Waals surface area contributed by atoms with Gasteiger partial charge in [-0.15, -0.1) is 0 Å². The van der Waals surface area contributed by atoms with Gasteiger partial charge in [-0.3, -0.25) is 4.79 Å². The third kappa shape index (κ3) is 3.27. The summed E-state index contributed by atoms with van der Waals surface area (Å²) in [6.45, 7) is 4.63. The molecule has 1 aromatic carbocycles. The van der Waals surface area contributed by atoms with Crippen LogP contribution in [0.5, 0.6) is 0 Å². The summed E-state index contributed by atoms with van der Waals surface area (Å²) in [5.41, 5.74) is 3.65. The molecule has 2 aromatic heterocycles. The summed E-state index contributed by atoms with van der Waals surface area (Å²) in [5, 5.41) is 11.9. The van der Waals surface area contributed by atoms with Crippen molar-refractivity contribution in [1.29, 1.82) is 0 Å². The molecule has 1 fully saturated rings. The zero-order valence-electron chi connectivity index (χ0n) is 16.6. The minimum Gasteiger partial charge on any atom is -0.368 e. The molecule has 1 unspecified atom stereocenters. The Morgan fingerprint density at radius 1 is 1.13 bits per heavy atom. The predicted molar refractivity (Wildman–Crippen MR) is 116 cm³/mol. The molecule has 1 saturated heterocycles. The largest absolute Gasteiger partial charge is 0.368 e. The van der Waals surface area contributed by atoms with Crippen molar-refractivity contribution >= 4 is 28.7 Å². The van der Waals surface area contributed by atoms with Crippen LogP contribution in [0, 0.1) is 5.82 Å². The van der Waals surface area contributed by atoms with E-state index in [9.17, 15) is 9.18 Å². The maximum atomic E-state index is 13.6. The second kappa shape index (κ2) is 7.60. The third-order valence-corrected chi connectivity index (χ3v) is 6.46. The number of aromatic nitrogens is 2. The number of piperazine rings is 1. The van der Waals surface area contributed by atoms with Crippen molar-refractivity contribution in [1.82, 2.24) is 14.7 Å². The van der Waals surface area contributed by atoms with E-state index in [-0.39, 0.29) is 17.8 Å². The van der Waals surface area contributed by atoms with E-state index in [2.05, 4.69) is 26.8 Å². The lowest BCUT2D eigenvalue weighted by atomic mass is 9.96. The number of benzene rings is 1. The Morgan fingerprint density at radius 3 is 2.60 bits per heavy atom. The normalized spacial score (nSPS) is 18.9. The number of amides is 1. The standard InChI is InChI=1S/C22H22FN5OS/c1-15-20(21(16-7-13-30-14-16)28-19(25-15)6-8-24-28)22(29)27-11-9-26(10-12-27)18-4-2-17(23)3-5-18/h2-8,13-14,21,25H,9-12H2,1H3. The quantitative estimate of drug-likeness (QED) is 0.698. The van der Waals surface area contributed by atoms with Crippen LogP contribution in [0.3, 0.4) is 0 Å². The van der Waals surface area contributed by atoms with E-state index in [0.29, 0.717) is 26.2 Å². The molecule has 0 radical (unpaired) electrons. The highest BCUT2D eigenvalue weighted by atomic mass is 32.1. The summed E-state index contributed by atoms with van der Waals surface area (Å²) in [4.78, 5) is 17.7. The topological polar surface area (TPSA) is 53.4 Å². The average Bonchev–Trinajstić information content (AvgIpc) is 3.45. The summed E-state index contributed by atoms with van der Waals surface area (Å²) >= 11 is 1.62. The molecule has 154 valence electrons. The molecule has 1 amide bonds. The second-order valence-electron chi connectivity index (χ2n) is 7.54. The van der Waals surface area contributed by atoms with E-state index in [0.717, 1.165) is 28.3 Å². The maximum Gasteiger partial charge on any atom is 0.254 e. The second-order valence-corrected chi connectivity index (χ2v) is 8.32. The molecule has 2 aliphatic heterocycles. The minimum absolute atomic E-state index is 0.0381. The van der Waals surface area contributed by atoms with Gasteiger partial charge >= 0.3 is 0 Å². The molecule has 0 aliphatic carbocycles. The van der Waals surface area contributed by atoms with Crippen LogP contribution in [0.4, 0.5) is 15.9 Å². The van der Waals surface area contributed by atoms with Gasteiger partial charge in [-0.2, -0.15) is 16.4 Å². The van der Waals surface area contributed by atoms with E-state index in [1.54, 1.807) is 29.7 Å². The molecular weight excluding hydrogens is 401 g/mol. The Morgan fingerprint density at radius 2 is 1.90 bits per heavy atom. The molecule has 8 heteroatoms. The summed E-state index contributed by atoms with van der Waals surface area (Å²) in [6.07, 6.45) is 1.75. The molecule has 0 bridgehead atoms. The van der Waals surface area contributed by atoms with E-state index >= 15 is 0 Å². The monoisotopic (exact) mass is 423 g/mol. The van der Waals surface area contributed by atoms with Crippen LogP contribution in [0.2, 0.25) is 0 Å². The zero-order chi connectivity index (χ0) is 20.7. The fraction of sp³-hybridized carbons (Fsp3) is 0.273. The molecule has 1 atom stereocenters. The van der Waals surface area contributed by atoms with Crippen LogP contribution < -0.4 is 10.2 Å². The van der Waals surface area contributed by atoms with Crippen LogP contribution in [-0.4, -0.2) is 46.8 Å². The van der Waals surface area contributed by atoms with Gasteiger partial charge in [-0.25, -0.2) is 9.07 Å². The number of allylic oxidation sites excluding steroid dienone is 1. The number of hydrogen-bond donors (Lipinski definition) is 1. The number of carbonyl (C=O) groups excluding carboxylic acids is 1. The molecule has 1 N–H and O–H groups in total. The molecule has 2 aliphatic rings. The van der Waals surface area contributed by atoms with Gasteiger partial charge < -0.3 is 15.1 Å². The molecule has 4 heterocycles. The highest BCUT2D eigenvalue weighted by molar-refractivity contribution is 7.08. The Labute approximate surface area is 178 Å². The van der Waals surface area contributed by atoms with Gasteiger partial charge in [0.15, 0.2) is 0 Å². The van der Waals surface area contributed by atoms with Gasteiger partial charge in [-0.1, -0.05) is 0 Å². The van der Waals surface area contributed by atoms with Gasteiger partial charge in [0.25, 0.3) is 5.91 Å². The molecule has 30 heavy (non-hydrogen) atoms. The zero-order valence-corrected chi connectivity index (χ0v) is 17.4. The number of rotatable bonds is 3. The first-order valence-corrected chi connectivity index (χ1v) is 10.9. The lowest BCUT2D eigenvalue weighted by molar-refractivity contribution is -0.127. The van der Waals surface area contributed by atoms with Crippen LogP contribution >= 0.6 is 11.3 Å². The average molecular weight is 424 g/mol. The number of carbonyl (C=O) groups is 1. The van der Waals surface area contributed by atoms with E-state index in [4.69, 9.17) is 0 Å². The maximum absolute atomic E-state index is 13.6. The summed E-state index contributed by atoms with van der Waals surface area (Å²) in [7, 11) is 0. The van der Waals surface area contributed by atoms with Crippen LogP contribution in [0.1, 0.15) is 18.5 Å². The minimum atomic E-state index is -0.239. The Hall–Kier alpha value is -3.13. The Bertz CT molecular complexity index is 1080. The van der Waals surface area contributed by atoms with Crippen molar-refractivity contribution in [2.75, 3.05) is 36.4 Å². The molecule has 3 aromatic rings. The van der Waals surface area contributed by atoms with Crippen molar-refractivity contribution in [2.45, 2.75) is 13.0 Å². The van der Waals surface area contributed by atoms with Crippen LogP contribution in [0.25, 0.3) is 0 Å². The van der Waals surface area contributed by atoms with E-state index in [1.807, 2.05) is 28.0 Å². The van der Waals surface area contributed by atoms with Crippen molar-refractivity contribution in [3.8, 4) is 0 Å². The predicted octanol–water partition coefficient (Wildman–Crippen LogP) is 3.72.